The molecule has 0 spiro atoms. The molecule has 7 nitrogen and oxygen atoms in total. The number of hydrogen-bond donors (Lipinski definition) is 1. The molecule has 86 valence electrons. The van der Waals surface area contributed by atoms with Crippen LogP contribution in [0.25, 0.3) is 0 Å². The van der Waals surface area contributed by atoms with Crippen molar-refractivity contribution in [3.63, 3.8) is 0 Å². The Morgan fingerprint density at radius 3 is 2.94 bits per heavy atom. The van der Waals surface area contributed by atoms with Crippen molar-refractivity contribution in [2.24, 2.45) is 0 Å². The maximum absolute atomic E-state index is 11.6. The largest absolute Gasteiger partial charge is 0.328 e. The van der Waals surface area contributed by atoms with E-state index in [1.54, 1.807) is 0 Å². The van der Waals surface area contributed by atoms with E-state index < -0.39 is 11.2 Å². The number of carbonyl (C=O) groups excluding carboxylic acids is 1. The lowest BCUT2D eigenvalue weighted by atomic mass is 10.4. The Morgan fingerprint density at radius 2 is 2.31 bits per heavy atom. The van der Waals surface area contributed by atoms with E-state index in [4.69, 9.17) is 4.84 Å². The second-order valence-electron chi connectivity index (χ2n) is 3.42. The monoisotopic (exact) mass is 225 g/mol. The predicted molar refractivity (Wildman–Crippen MR) is 53.6 cm³/mol. The summed E-state index contributed by atoms with van der Waals surface area (Å²) in [5, 5.41) is 1.23. The third-order valence-electron chi connectivity index (χ3n) is 2.23. The second-order valence-corrected chi connectivity index (χ2v) is 3.42. The predicted octanol–water partition coefficient (Wildman–Crippen LogP) is -1.30. The van der Waals surface area contributed by atoms with Gasteiger partial charge in [0, 0.05) is 12.3 Å². The maximum atomic E-state index is 11.6. The van der Waals surface area contributed by atoms with Crippen LogP contribution in [0.1, 0.15) is 6.42 Å². The minimum Gasteiger partial charge on any atom is -0.291 e. The van der Waals surface area contributed by atoms with E-state index in [9.17, 15) is 14.4 Å². The number of H-pyrrole nitrogens is 1. The van der Waals surface area contributed by atoms with Crippen LogP contribution in [0.3, 0.4) is 0 Å². The van der Waals surface area contributed by atoms with Gasteiger partial charge in [-0.3, -0.25) is 24.0 Å². The number of aromatic amines is 1. The lowest BCUT2D eigenvalue weighted by molar-refractivity contribution is -0.169. The van der Waals surface area contributed by atoms with Crippen LogP contribution in [0.4, 0.5) is 0 Å². The number of aromatic nitrogens is 2. The molecule has 0 atom stereocenters. The average molecular weight is 225 g/mol. The summed E-state index contributed by atoms with van der Waals surface area (Å²) in [7, 11) is 0. The first-order chi connectivity index (χ1) is 7.66. The first-order valence-corrected chi connectivity index (χ1v) is 4.90. The lowest BCUT2D eigenvalue weighted by Crippen LogP contribution is -2.36. The van der Waals surface area contributed by atoms with Gasteiger partial charge >= 0.3 is 5.69 Å². The van der Waals surface area contributed by atoms with Crippen LogP contribution in [0.15, 0.2) is 21.9 Å². The highest BCUT2D eigenvalue weighted by molar-refractivity contribution is 5.75. The van der Waals surface area contributed by atoms with Crippen molar-refractivity contribution in [2.45, 2.75) is 13.0 Å². The van der Waals surface area contributed by atoms with Gasteiger partial charge in [0.05, 0.1) is 13.2 Å². The highest BCUT2D eigenvalue weighted by atomic mass is 16.7. The van der Waals surface area contributed by atoms with Gasteiger partial charge in [0.2, 0.25) is 0 Å². The molecule has 0 aliphatic carbocycles. The van der Waals surface area contributed by atoms with E-state index in [-0.39, 0.29) is 12.5 Å². The van der Waals surface area contributed by atoms with Crippen LogP contribution in [-0.2, 0) is 16.2 Å². The average Bonchev–Trinajstić information content (AvgIpc) is 2.75. The maximum Gasteiger partial charge on any atom is 0.328 e. The SMILES string of the molecule is O=C(Cn1ccc(=O)[nH]c1=O)N1CCCO1. The number of rotatable bonds is 2. The van der Waals surface area contributed by atoms with Crippen molar-refractivity contribution in [1.29, 1.82) is 0 Å². The molecule has 2 rings (SSSR count). The fourth-order valence-electron chi connectivity index (χ4n) is 1.44. The van der Waals surface area contributed by atoms with E-state index in [0.29, 0.717) is 13.2 Å². The molecule has 2 heterocycles. The summed E-state index contributed by atoms with van der Waals surface area (Å²) in [4.78, 5) is 40.8. The molecular weight excluding hydrogens is 214 g/mol. The number of nitrogens with one attached hydrogen (secondary N) is 1. The Kier molecular flexibility index (Phi) is 2.86. The van der Waals surface area contributed by atoms with Gasteiger partial charge in [-0.15, -0.1) is 0 Å². The van der Waals surface area contributed by atoms with Crippen LogP contribution in [-0.4, -0.2) is 33.7 Å². The molecule has 0 unspecified atom stereocenters. The van der Waals surface area contributed by atoms with Gasteiger partial charge in [-0.1, -0.05) is 0 Å². The summed E-state index contributed by atoms with van der Waals surface area (Å²) >= 11 is 0. The van der Waals surface area contributed by atoms with E-state index >= 15 is 0 Å². The second kappa shape index (κ2) is 4.31. The molecule has 0 saturated carbocycles. The first kappa shape index (κ1) is 10.6. The van der Waals surface area contributed by atoms with Crippen LogP contribution in [0, 0.1) is 0 Å². The van der Waals surface area contributed by atoms with Crippen LogP contribution in [0.5, 0.6) is 0 Å². The first-order valence-electron chi connectivity index (χ1n) is 4.90. The molecule has 0 bridgehead atoms. The van der Waals surface area contributed by atoms with E-state index in [0.717, 1.165) is 11.0 Å². The third kappa shape index (κ3) is 2.19. The van der Waals surface area contributed by atoms with Crippen LogP contribution < -0.4 is 11.2 Å². The summed E-state index contributed by atoms with van der Waals surface area (Å²) in [5.41, 5.74) is -1.08. The van der Waals surface area contributed by atoms with Crippen molar-refractivity contribution < 1.29 is 9.63 Å². The molecule has 16 heavy (non-hydrogen) atoms. The van der Waals surface area contributed by atoms with Crippen molar-refractivity contribution in [2.75, 3.05) is 13.2 Å². The molecule has 1 saturated heterocycles. The van der Waals surface area contributed by atoms with Gasteiger partial charge in [0.25, 0.3) is 11.5 Å². The summed E-state index contributed by atoms with van der Waals surface area (Å²) in [6.45, 7) is 0.929. The number of hydrogen-bond acceptors (Lipinski definition) is 4. The Bertz CT molecular complexity index is 498. The van der Waals surface area contributed by atoms with Crippen LogP contribution in [0.2, 0.25) is 0 Å². The molecule has 0 aromatic carbocycles. The fourth-order valence-corrected chi connectivity index (χ4v) is 1.44. The zero-order valence-electron chi connectivity index (χ0n) is 8.51. The summed E-state index contributed by atoms with van der Waals surface area (Å²) in [6.07, 6.45) is 2.08. The van der Waals surface area contributed by atoms with Gasteiger partial charge in [-0.25, -0.2) is 9.86 Å². The number of carbonyl (C=O) groups is 1. The van der Waals surface area contributed by atoms with E-state index in [1.165, 1.54) is 17.3 Å². The fraction of sp³-hybridized carbons (Fsp3) is 0.444. The van der Waals surface area contributed by atoms with Crippen molar-refractivity contribution in [1.82, 2.24) is 14.6 Å². The zero-order chi connectivity index (χ0) is 11.5. The Labute approximate surface area is 90.2 Å². The van der Waals surface area contributed by atoms with Crippen molar-refractivity contribution in [3.8, 4) is 0 Å². The van der Waals surface area contributed by atoms with E-state index in [1.807, 2.05) is 0 Å². The van der Waals surface area contributed by atoms with Gasteiger partial charge in [-0.2, -0.15) is 0 Å². The molecule has 1 aliphatic heterocycles. The minimum absolute atomic E-state index is 0.129. The Morgan fingerprint density at radius 1 is 1.50 bits per heavy atom. The molecule has 1 fully saturated rings. The highest BCUT2D eigenvalue weighted by Crippen LogP contribution is 2.04. The minimum atomic E-state index is -0.597. The Hall–Kier alpha value is -1.89. The number of nitrogens with zero attached hydrogens (tertiary/aromatic N) is 2. The molecular formula is C9H11N3O4. The van der Waals surface area contributed by atoms with Gasteiger partial charge < -0.3 is 0 Å². The summed E-state index contributed by atoms with van der Waals surface area (Å²) in [6, 6.07) is 1.19. The van der Waals surface area contributed by atoms with Gasteiger partial charge in [0.1, 0.15) is 6.54 Å². The number of amides is 1. The van der Waals surface area contributed by atoms with Gasteiger partial charge in [-0.05, 0) is 6.42 Å². The zero-order valence-corrected chi connectivity index (χ0v) is 8.51. The lowest BCUT2D eigenvalue weighted by Gasteiger charge is -2.13. The number of hydroxylamine groups is 2. The molecule has 1 aromatic heterocycles. The van der Waals surface area contributed by atoms with E-state index in [2.05, 4.69) is 4.98 Å². The topological polar surface area (TPSA) is 84.4 Å². The molecule has 0 radical (unpaired) electrons. The summed E-state index contributed by atoms with van der Waals surface area (Å²) in [5.74, 6) is -0.299. The standard InChI is InChI=1S/C9H11N3O4/c13-7-2-4-11(9(15)10-7)6-8(14)12-3-1-5-16-12/h2,4H,1,3,5-6H2,(H,10,13,15). The Balaban J connectivity index is 2.11. The molecule has 1 aromatic rings. The van der Waals surface area contributed by atoms with Crippen molar-refractivity contribution in [3.05, 3.63) is 33.1 Å². The molecule has 1 aliphatic rings. The molecule has 7 heteroatoms. The van der Waals surface area contributed by atoms with Crippen LogP contribution >= 0.6 is 0 Å². The smallest absolute Gasteiger partial charge is 0.291 e. The van der Waals surface area contributed by atoms with Gasteiger partial charge in [0.15, 0.2) is 0 Å². The third-order valence-corrected chi connectivity index (χ3v) is 2.23. The quantitative estimate of drug-likeness (QED) is 0.678. The summed E-state index contributed by atoms with van der Waals surface area (Å²) < 4.78 is 1.13. The molecule has 1 amide bonds. The highest BCUT2D eigenvalue weighted by Gasteiger charge is 2.19. The normalized spacial score (nSPS) is 15.4. The van der Waals surface area contributed by atoms with Crippen molar-refractivity contribution >= 4 is 5.91 Å². The molecule has 1 N–H and O–H groups in total.